The first-order valence-electron chi connectivity index (χ1n) is 7.73. The highest BCUT2D eigenvalue weighted by molar-refractivity contribution is 5.96. The van der Waals surface area contributed by atoms with Crippen LogP contribution in [0.1, 0.15) is 19.5 Å². The van der Waals surface area contributed by atoms with Crippen LogP contribution >= 0.6 is 0 Å². The van der Waals surface area contributed by atoms with Crippen molar-refractivity contribution in [2.24, 2.45) is 5.73 Å². The first kappa shape index (κ1) is 17.2. The van der Waals surface area contributed by atoms with Crippen LogP contribution in [-0.2, 0) is 6.54 Å². The Morgan fingerprint density at radius 2 is 1.91 bits per heavy atom. The molecular formula is C16H25N5O2. The van der Waals surface area contributed by atoms with Crippen LogP contribution in [-0.4, -0.2) is 58.3 Å². The van der Waals surface area contributed by atoms with Gasteiger partial charge in [-0.1, -0.05) is 0 Å². The van der Waals surface area contributed by atoms with Crippen molar-refractivity contribution in [3.05, 3.63) is 39.5 Å². The van der Waals surface area contributed by atoms with E-state index in [1.807, 2.05) is 6.92 Å². The van der Waals surface area contributed by atoms with Gasteiger partial charge in [0.05, 0.1) is 0 Å². The number of nitrogens with zero attached hydrogens (tertiary/aromatic N) is 2. The lowest BCUT2D eigenvalue weighted by Crippen LogP contribution is -2.47. The summed E-state index contributed by atoms with van der Waals surface area (Å²) in [7, 11) is 0. The minimum absolute atomic E-state index is 0.253. The molecule has 1 aliphatic heterocycles. The van der Waals surface area contributed by atoms with Gasteiger partial charge < -0.3 is 21.2 Å². The number of aromatic nitrogens is 1. The molecule has 0 saturated carbocycles. The molecule has 0 atom stereocenters. The molecule has 2 heterocycles. The summed E-state index contributed by atoms with van der Waals surface area (Å²) < 4.78 is 0. The fourth-order valence-corrected chi connectivity index (χ4v) is 2.71. The number of rotatable bonds is 5. The zero-order valence-corrected chi connectivity index (χ0v) is 13.7. The number of H-pyrrole nitrogens is 1. The summed E-state index contributed by atoms with van der Waals surface area (Å²) in [5, 5.41) is 17.1. The van der Waals surface area contributed by atoms with E-state index in [2.05, 4.69) is 14.8 Å². The van der Waals surface area contributed by atoms with Crippen molar-refractivity contribution in [3.8, 4) is 5.75 Å². The number of pyridine rings is 1. The molecule has 23 heavy (non-hydrogen) atoms. The van der Waals surface area contributed by atoms with E-state index < -0.39 is 0 Å². The summed E-state index contributed by atoms with van der Waals surface area (Å²) in [5.74, 6) is -0.253. The second-order valence-corrected chi connectivity index (χ2v) is 6.05. The van der Waals surface area contributed by atoms with Gasteiger partial charge in [-0.15, -0.1) is 0 Å². The molecule has 0 aliphatic carbocycles. The van der Waals surface area contributed by atoms with Crippen LogP contribution < -0.4 is 11.2 Å². The minimum atomic E-state index is -0.355. The molecule has 7 heteroatoms. The Morgan fingerprint density at radius 1 is 1.30 bits per heavy atom. The Kier molecular flexibility index (Phi) is 5.57. The highest BCUT2D eigenvalue weighted by Gasteiger charge is 2.19. The van der Waals surface area contributed by atoms with E-state index in [0.29, 0.717) is 24.5 Å². The third-order valence-electron chi connectivity index (χ3n) is 4.12. The fraction of sp³-hybridized carbons (Fsp3) is 0.500. The van der Waals surface area contributed by atoms with Crippen LogP contribution in [0.25, 0.3) is 0 Å². The second-order valence-electron chi connectivity index (χ2n) is 6.05. The van der Waals surface area contributed by atoms with Gasteiger partial charge in [0.1, 0.15) is 0 Å². The van der Waals surface area contributed by atoms with E-state index >= 15 is 0 Å². The molecule has 1 saturated heterocycles. The molecule has 0 spiro atoms. The average Bonchev–Trinajstić information content (AvgIpc) is 2.49. The van der Waals surface area contributed by atoms with E-state index in [9.17, 15) is 9.90 Å². The Labute approximate surface area is 135 Å². The standard InChI is InChI=1S/C16H25N5O2/c1-11(17)14(12(2)18)10-21-5-3-20(4-6-21)9-13-7-15(22)16(23)8-19-13/h7-8,17,23H,3-6,9-10,18H2,1-2H3,(H,19,22)/b14-12-,17-11?. The molecule has 0 amide bonds. The molecular weight excluding hydrogens is 294 g/mol. The van der Waals surface area contributed by atoms with Gasteiger partial charge in [0, 0.05) is 74.2 Å². The number of nitrogens with one attached hydrogen (secondary N) is 2. The van der Waals surface area contributed by atoms with Gasteiger partial charge in [0.15, 0.2) is 5.75 Å². The second kappa shape index (κ2) is 7.43. The Hall–Kier alpha value is -2.12. The van der Waals surface area contributed by atoms with E-state index in [-0.39, 0.29) is 11.2 Å². The van der Waals surface area contributed by atoms with Crippen molar-refractivity contribution in [1.29, 1.82) is 5.41 Å². The number of hydrogen-bond donors (Lipinski definition) is 4. The van der Waals surface area contributed by atoms with Gasteiger partial charge in [0.25, 0.3) is 0 Å². The van der Waals surface area contributed by atoms with Crippen molar-refractivity contribution in [3.63, 3.8) is 0 Å². The monoisotopic (exact) mass is 319 g/mol. The highest BCUT2D eigenvalue weighted by Crippen LogP contribution is 2.10. The van der Waals surface area contributed by atoms with E-state index in [1.54, 1.807) is 6.92 Å². The zero-order chi connectivity index (χ0) is 17.0. The number of hydrogen-bond acceptors (Lipinski definition) is 6. The first-order valence-corrected chi connectivity index (χ1v) is 7.73. The normalized spacial score (nSPS) is 17.8. The van der Waals surface area contributed by atoms with Crippen LogP contribution in [0, 0.1) is 5.41 Å². The smallest absolute Gasteiger partial charge is 0.223 e. The molecule has 2 rings (SSSR count). The fourth-order valence-electron chi connectivity index (χ4n) is 2.71. The lowest BCUT2D eigenvalue weighted by Gasteiger charge is -2.35. The summed E-state index contributed by atoms with van der Waals surface area (Å²) >= 11 is 0. The average molecular weight is 319 g/mol. The SMILES string of the molecule is CC(=N)/C(CN1CCN(Cc2cc(=O)c(O)c[nH]2)CC1)=C(/C)N. The van der Waals surface area contributed by atoms with Gasteiger partial charge in [-0.3, -0.25) is 14.6 Å². The Balaban J connectivity index is 1.88. The quantitative estimate of drug-likeness (QED) is 0.590. The molecule has 7 nitrogen and oxygen atoms in total. The molecule has 1 aliphatic rings. The van der Waals surface area contributed by atoms with Gasteiger partial charge in [0.2, 0.25) is 5.43 Å². The highest BCUT2D eigenvalue weighted by atomic mass is 16.3. The minimum Gasteiger partial charge on any atom is -0.503 e. The number of allylic oxidation sites excluding steroid dienone is 1. The van der Waals surface area contributed by atoms with Crippen LogP contribution in [0.3, 0.4) is 0 Å². The van der Waals surface area contributed by atoms with Crippen molar-refractivity contribution >= 4 is 5.71 Å². The van der Waals surface area contributed by atoms with Crippen LogP contribution in [0.5, 0.6) is 5.75 Å². The third kappa shape index (κ3) is 4.67. The zero-order valence-electron chi connectivity index (χ0n) is 13.7. The van der Waals surface area contributed by atoms with Gasteiger partial charge in [-0.25, -0.2) is 0 Å². The van der Waals surface area contributed by atoms with Crippen molar-refractivity contribution < 1.29 is 5.11 Å². The largest absolute Gasteiger partial charge is 0.503 e. The van der Waals surface area contributed by atoms with Gasteiger partial charge >= 0.3 is 0 Å². The van der Waals surface area contributed by atoms with E-state index in [1.165, 1.54) is 12.3 Å². The molecule has 1 aromatic rings. The molecule has 1 aromatic heterocycles. The summed E-state index contributed by atoms with van der Waals surface area (Å²) in [6, 6.07) is 1.44. The lowest BCUT2D eigenvalue weighted by atomic mass is 10.1. The van der Waals surface area contributed by atoms with Crippen LogP contribution in [0.2, 0.25) is 0 Å². The summed E-state index contributed by atoms with van der Waals surface area (Å²) in [5.41, 5.74) is 8.44. The summed E-state index contributed by atoms with van der Waals surface area (Å²) in [4.78, 5) is 18.9. The number of aromatic hydroxyl groups is 1. The number of nitrogens with two attached hydrogens (primary N) is 1. The number of aromatic amines is 1. The molecule has 5 N–H and O–H groups in total. The van der Waals surface area contributed by atoms with Crippen molar-refractivity contribution in [1.82, 2.24) is 14.8 Å². The molecule has 0 bridgehead atoms. The third-order valence-corrected chi connectivity index (χ3v) is 4.12. The molecule has 126 valence electrons. The van der Waals surface area contributed by atoms with E-state index in [0.717, 1.165) is 37.4 Å². The predicted molar refractivity (Wildman–Crippen MR) is 90.7 cm³/mol. The Bertz CT molecular complexity index is 653. The van der Waals surface area contributed by atoms with Crippen molar-refractivity contribution in [2.45, 2.75) is 20.4 Å². The first-order chi connectivity index (χ1) is 10.9. The molecule has 0 radical (unpaired) electrons. The summed E-state index contributed by atoms with van der Waals surface area (Å²) in [6.07, 6.45) is 1.34. The van der Waals surface area contributed by atoms with Gasteiger partial charge in [-0.05, 0) is 13.8 Å². The molecule has 0 unspecified atom stereocenters. The number of piperazine rings is 1. The van der Waals surface area contributed by atoms with Crippen molar-refractivity contribution in [2.75, 3.05) is 32.7 Å². The van der Waals surface area contributed by atoms with Crippen LogP contribution in [0.15, 0.2) is 28.3 Å². The topological polar surface area (TPSA) is 109 Å². The molecule has 0 aromatic carbocycles. The molecule has 1 fully saturated rings. The van der Waals surface area contributed by atoms with E-state index in [4.69, 9.17) is 11.1 Å². The maximum atomic E-state index is 11.4. The van der Waals surface area contributed by atoms with Gasteiger partial charge in [-0.2, -0.15) is 0 Å². The Morgan fingerprint density at radius 3 is 2.43 bits per heavy atom. The summed E-state index contributed by atoms with van der Waals surface area (Å²) in [6.45, 7) is 8.54. The predicted octanol–water partition coefficient (Wildman–Crippen LogP) is 0.470. The van der Waals surface area contributed by atoms with Crippen LogP contribution in [0.4, 0.5) is 0 Å². The lowest BCUT2D eigenvalue weighted by molar-refractivity contribution is 0.134. The maximum Gasteiger partial charge on any atom is 0.223 e. The maximum absolute atomic E-state index is 11.4.